The maximum absolute atomic E-state index is 13.4. The van der Waals surface area contributed by atoms with Crippen LogP contribution < -0.4 is 0 Å². The van der Waals surface area contributed by atoms with E-state index in [0.29, 0.717) is 99.7 Å². The second kappa shape index (κ2) is 61.4. The van der Waals surface area contributed by atoms with Crippen LogP contribution in [0.1, 0.15) is 219 Å². The Labute approximate surface area is 809 Å². The number of carbonyl (C=O) groups excluding carboxylic acids is 4. The zero-order valence-electron chi connectivity index (χ0n) is 79.0. The van der Waals surface area contributed by atoms with Gasteiger partial charge in [0.2, 0.25) is 0 Å². The highest BCUT2D eigenvalue weighted by molar-refractivity contribution is 6.30. The maximum atomic E-state index is 13.4. The van der Waals surface area contributed by atoms with Gasteiger partial charge in [-0.2, -0.15) is 5.26 Å². The molecule has 0 radical (unpaired) electrons. The van der Waals surface area contributed by atoms with E-state index < -0.39 is 23.9 Å². The quantitative estimate of drug-likeness (QED) is 0.0119. The minimum Gasteiger partial charge on any atom is -0.470 e. The Bertz CT molecular complexity index is 5860. The lowest BCUT2D eigenvalue weighted by Gasteiger charge is -2.16. The van der Waals surface area contributed by atoms with Crippen LogP contribution in [0.5, 0.6) is 0 Å². The zero-order valence-corrected chi connectivity index (χ0v) is 79.8. The summed E-state index contributed by atoms with van der Waals surface area (Å²) in [5.41, 5.74) is 13.4. The summed E-state index contributed by atoms with van der Waals surface area (Å²) in [5.74, 6) is -1.47. The molecule has 0 aliphatic rings. The molecule has 0 bridgehead atoms. The third kappa shape index (κ3) is 34.4. The number of hydrogen-bond donors (Lipinski definition) is 0. The summed E-state index contributed by atoms with van der Waals surface area (Å²) >= 11 is 6.01. The van der Waals surface area contributed by atoms with Gasteiger partial charge in [-0.1, -0.05) is 417 Å². The monoisotopic (exact) mass is 1830 g/mol. The topological polar surface area (TPSA) is 175 Å². The van der Waals surface area contributed by atoms with Crippen molar-refractivity contribution in [2.45, 2.75) is 158 Å². The summed E-state index contributed by atoms with van der Waals surface area (Å²) in [7, 11) is 0. The van der Waals surface area contributed by atoms with E-state index in [9.17, 15) is 23.6 Å². The van der Waals surface area contributed by atoms with Crippen molar-refractivity contribution in [2.75, 3.05) is 26.4 Å². The number of ether oxygens (including phenoxy) is 4. The van der Waals surface area contributed by atoms with Crippen molar-refractivity contribution in [1.82, 2.24) is 0 Å². The van der Waals surface area contributed by atoms with E-state index in [-0.39, 0.29) is 34.3 Å². The van der Waals surface area contributed by atoms with Gasteiger partial charge in [0.1, 0.15) is 5.82 Å². The number of esters is 4. The minimum atomic E-state index is -0.631. The maximum Gasteiger partial charge on any atom is 0.336 e. The number of allylic oxidation sites excluding steroid dienone is 1. The molecular weight excluding hydrogens is 1710 g/mol. The van der Waals surface area contributed by atoms with Crippen molar-refractivity contribution >= 4 is 63.3 Å². The van der Waals surface area contributed by atoms with Gasteiger partial charge in [-0.05, 0) is 153 Å². The average molecular weight is 1830 g/mol. The fraction of sp³-hybridized carbons (Fsp3) is 0.269. The molecule has 15 nitrogen and oxygen atoms in total. The molecule has 11 rings (SSSR count). The molecule has 692 valence electrons. The Hall–Kier alpha value is -15.4. The zero-order chi connectivity index (χ0) is 98.0. The Kier molecular flexibility index (Phi) is 48.6. The number of nitrogens with zero attached hydrogens (tertiary/aromatic N) is 7. The summed E-state index contributed by atoms with van der Waals surface area (Å²) in [6, 6.07) is 98.7. The highest BCUT2D eigenvalue weighted by Gasteiger charge is 2.28. The van der Waals surface area contributed by atoms with Crippen LogP contribution in [0.3, 0.4) is 0 Å². The number of benzene rings is 11. The Balaban J connectivity index is 0.000000234. The number of carbonyl (C=O) groups is 4. The third-order valence-corrected chi connectivity index (χ3v) is 23.1. The van der Waals surface area contributed by atoms with E-state index in [0.717, 1.165) is 158 Å². The first-order chi connectivity index (χ1) is 66.4. The predicted molar refractivity (Wildman–Crippen MR) is 545 cm³/mol. The van der Waals surface area contributed by atoms with E-state index in [1.54, 1.807) is 48.5 Å². The van der Waals surface area contributed by atoms with Crippen LogP contribution in [0.15, 0.2) is 338 Å². The van der Waals surface area contributed by atoms with Crippen LogP contribution in [0, 0.1) is 85.0 Å². The third-order valence-electron chi connectivity index (χ3n) is 22.8. The molecule has 0 N–H and O–H groups in total. The molecule has 0 fully saturated rings. The van der Waals surface area contributed by atoms with Crippen LogP contribution in [0.25, 0.3) is 63.2 Å². The second-order valence-corrected chi connectivity index (χ2v) is 32.6. The van der Waals surface area contributed by atoms with Gasteiger partial charge in [0.15, 0.2) is 0 Å². The van der Waals surface area contributed by atoms with Crippen molar-refractivity contribution in [3.8, 4) is 23.3 Å². The number of halogens is 2. The molecule has 4 atom stereocenters. The molecule has 0 spiro atoms. The van der Waals surface area contributed by atoms with Crippen LogP contribution in [-0.2, 0) is 38.1 Å². The second-order valence-electron chi connectivity index (χ2n) is 32.2. The van der Waals surface area contributed by atoms with Crippen molar-refractivity contribution in [2.24, 2.45) is 23.7 Å². The first kappa shape index (κ1) is 108. The smallest absolute Gasteiger partial charge is 0.336 e. The molecule has 0 aliphatic carbocycles. The van der Waals surface area contributed by atoms with E-state index in [2.05, 4.69) is 97.8 Å². The molecule has 4 unspecified atom stereocenters. The lowest BCUT2D eigenvalue weighted by molar-refractivity contribution is -0.140. The highest BCUT2D eigenvalue weighted by atomic mass is 35.5. The van der Waals surface area contributed by atoms with Gasteiger partial charge in [-0.3, -0.25) is 19.2 Å². The molecule has 0 saturated heterocycles. The molecule has 136 heavy (non-hydrogen) atoms. The molecule has 11 aromatic rings. The van der Waals surface area contributed by atoms with E-state index >= 15 is 0 Å². The van der Waals surface area contributed by atoms with Gasteiger partial charge in [0.05, 0.1) is 77.0 Å². The Morgan fingerprint density at radius 2 is 0.522 bits per heavy atom. The van der Waals surface area contributed by atoms with Gasteiger partial charge in [0.25, 0.3) is 28.5 Å². The van der Waals surface area contributed by atoms with Crippen molar-refractivity contribution in [1.29, 1.82) is 10.5 Å². The first-order valence-corrected chi connectivity index (χ1v) is 46.9. The highest BCUT2D eigenvalue weighted by Crippen LogP contribution is 2.37. The fourth-order valence-electron chi connectivity index (χ4n) is 14.8. The molecule has 0 amide bonds. The van der Waals surface area contributed by atoms with Crippen molar-refractivity contribution in [3.63, 3.8) is 0 Å². The standard InChI is InChI=1S/C30H31NO2.C25H26N2O2.C24H26ClNO2.C24H26FNO2.C16H10N2/c1-4-6-13-23(5-2)22-33-30(32)29(31-3)28(26-16-11-8-12-17-26)27-20-18-25(19-21-27)24-14-9-7-10-15-24;1-4-6-10-19(5-2)18-29-25(28)24(27-3)23(21-11-8-7-9-12-21)22-15-13-20(17-26)14-16-22;2*1-4-6-10-18(5-2)17-28-24(27)23(26-3)22(19-11-8-7-9-12-19)20-13-15-21(25)16-14-20;1-18-15(12-17)16(13-8-4-2-5-9-13)14-10-6-3-7-11-14/h7-12,14-21,23H,4-6,13,22H2,1-2H3;7-9,11-16,19H,4-6,10,18H2,1-2H3;2*7-9,11-16,18H,4-6,10,17H2,1-2H3;2-11H/b29-28+;24-23+;2*23-22+;. The van der Waals surface area contributed by atoms with Gasteiger partial charge in [-0.25, -0.2) is 33.9 Å². The summed E-state index contributed by atoms with van der Waals surface area (Å²) < 4.78 is 35.6. The van der Waals surface area contributed by atoms with Crippen molar-refractivity contribution < 1.29 is 42.5 Å². The van der Waals surface area contributed by atoms with Crippen LogP contribution in [-0.4, -0.2) is 50.3 Å². The van der Waals surface area contributed by atoms with Crippen LogP contribution >= 0.6 is 11.6 Å². The first-order valence-electron chi connectivity index (χ1n) is 46.6. The summed E-state index contributed by atoms with van der Waals surface area (Å²) in [4.78, 5) is 69.0. The fourth-order valence-corrected chi connectivity index (χ4v) is 15.0. The van der Waals surface area contributed by atoms with Gasteiger partial charge in [0, 0.05) is 32.9 Å². The molecule has 0 heterocycles. The van der Waals surface area contributed by atoms with Crippen LogP contribution in [0.4, 0.5) is 4.39 Å². The van der Waals surface area contributed by atoms with Crippen molar-refractivity contribution in [3.05, 3.63) is 467 Å². The average Bonchev–Trinajstić information content (AvgIpc) is 0.787. The molecule has 0 aromatic heterocycles. The van der Waals surface area contributed by atoms with Gasteiger partial charge < -0.3 is 18.9 Å². The minimum absolute atomic E-state index is 0.00105. The lowest BCUT2D eigenvalue weighted by atomic mass is 9.94. The summed E-state index contributed by atoms with van der Waals surface area (Å²) in [6.07, 6.45) is 16.7. The van der Waals surface area contributed by atoms with E-state index in [1.165, 1.54) is 12.1 Å². The molecule has 0 saturated carbocycles. The Morgan fingerprint density at radius 3 is 0.750 bits per heavy atom. The van der Waals surface area contributed by atoms with Crippen LogP contribution in [0.2, 0.25) is 5.02 Å². The largest absolute Gasteiger partial charge is 0.470 e. The van der Waals surface area contributed by atoms with E-state index in [1.807, 2.05) is 243 Å². The van der Waals surface area contributed by atoms with E-state index in [4.69, 9.17) is 73.9 Å². The number of nitriles is 2. The molecular formula is C119H119ClFN7O8. The van der Waals surface area contributed by atoms with Gasteiger partial charge in [-0.15, -0.1) is 0 Å². The summed E-state index contributed by atoms with van der Waals surface area (Å²) in [6.45, 7) is 56.1. The Morgan fingerprint density at radius 1 is 0.301 bits per heavy atom. The molecule has 11 aromatic carbocycles. The number of unbranched alkanes of at least 4 members (excludes halogenated alkanes) is 4. The molecule has 0 aliphatic heterocycles. The van der Waals surface area contributed by atoms with Gasteiger partial charge >= 0.3 is 23.9 Å². The number of rotatable bonds is 39. The summed E-state index contributed by atoms with van der Waals surface area (Å²) in [5, 5.41) is 18.7. The normalized spacial score (nSPS) is 12.0. The lowest BCUT2D eigenvalue weighted by Crippen LogP contribution is -2.15. The predicted octanol–water partition coefficient (Wildman–Crippen LogP) is 30.7. The molecule has 17 heteroatoms. The number of hydrogen-bond acceptors (Lipinski definition) is 10. The SMILES string of the molecule is [C-]#[N+]/C(C(=O)OCC(CC)CCCC)=C(\c1ccccc1)c1ccc(-c2ccccc2)cc1.[C-]#[N+]/C(C(=O)OCC(CC)CCCC)=C(\c1ccccc1)c1ccc(C#N)cc1.[C-]#[N+]/C(C(=O)OCC(CC)CCCC)=C(\c1ccccc1)c1ccc(Cl)cc1.[C-]#[N+]/C(C(=O)OCC(CC)CCCC)=C(\c1ccccc1)c1ccc(F)cc1.[C-]#[N+]C(C#N)=C(c1ccccc1)c1ccccc1.